The van der Waals surface area contributed by atoms with Crippen LogP contribution in [0.1, 0.15) is 45.1 Å². The predicted octanol–water partition coefficient (Wildman–Crippen LogP) is 7.77. The van der Waals surface area contributed by atoms with Crippen molar-refractivity contribution in [2.24, 2.45) is 10.2 Å². The Morgan fingerprint density at radius 3 is 1.77 bits per heavy atom. The van der Waals surface area contributed by atoms with Crippen LogP contribution < -0.4 is 30.1 Å². The Kier molecular flexibility index (Phi) is 9.19. The Morgan fingerprint density at radius 2 is 1.23 bits per heavy atom. The van der Waals surface area contributed by atoms with Gasteiger partial charge in [-0.05, 0) is 92.6 Å². The number of amidine groups is 2. The van der Waals surface area contributed by atoms with Gasteiger partial charge in [0.15, 0.2) is 11.7 Å². The SMILES string of the molecule is C[C@@H]1C(=O)NN=C2COc3cc(-c4ccccc4F)c(Br)cc3N21.C[C@@H]1C(=O)NN=C2COc3cc(-c4ccccc4F)c(C4=CCCCC4)cc3N21. The van der Waals surface area contributed by atoms with Gasteiger partial charge in [0.2, 0.25) is 0 Å². The molecule has 1 aliphatic carbocycles. The number of allylic oxidation sites excluding steroid dienone is 2. The fraction of sp³-hybridized carbons (Fsp3) is 0.250. The first-order valence-electron chi connectivity index (χ1n) is 17.5. The van der Waals surface area contributed by atoms with Crippen LogP contribution in [-0.2, 0) is 9.59 Å². The molecule has 4 heterocycles. The van der Waals surface area contributed by atoms with Crippen molar-refractivity contribution < 1.29 is 27.8 Å². The van der Waals surface area contributed by atoms with Crippen molar-refractivity contribution >= 4 is 56.4 Å². The molecule has 13 heteroatoms. The fourth-order valence-corrected chi connectivity index (χ4v) is 7.80. The number of fused-ring (bicyclic) bond motifs is 6. The molecule has 0 radical (unpaired) electrons. The first-order valence-corrected chi connectivity index (χ1v) is 18.3. The largest absolute Gasteiger partial charge is 0.483 e. The van der Waals surface area contributed by atoms with E-state index in [9.17, 15) is 18.4 Å². The van der Waals surface area contributed by atoms with Crippen molar-refractivity contribution in [3.63, 3.8) is 0 Å². The molecule has 0 saturated carbocycles. The van der Waals surface area contributed by atoms with Gasteiger partial charge >= 0.3 is 0 Å². The van der Waals surface area contributed by atoms with Gasteiger partial charge < -0.3 is 19.3 Å². The molecule has 0 aromatic heterocycles. The first kappa shape index (κ1) is 34.5. The van der Waals surface area contributed by atoms with E-state index in [1.54, 1.807) is 43.3 Å². The number of rotatable bonds is 3. The normalized spacial score (nSPS) is 19.9. The van der Waals surface area contributed by atoms with Crippen LogP contribution in [-0.4, -0.2) is 48.8 Å². The van der Waals surface area contributed by atoms with Crippen molar-refractivity contribution in [2.75, 3.05) is 23.0 Å². The lowest BCUT2D eigenvalue weighted by molar-refractivity contribution is -0.123. The standard InChI is InChI=1S/C23H22FN3O2.C17H13BrFN3O2/c1-14-23(28)26-25-22-13-29-21-12-18(16-9-5-6-10-19(16)24)17(11-20(21)27(14)22)15-7-3-2-4-8-15;1-9-17(23)21-20-16-8-24-15-6-11(10-4-2-3-5-13(10)19)12(18)7-14(15)22(9)16/h5-7,9-12,14H,2-4,8,13H2,1H3,(H,26,28);2-7,9H,8H2,1H3,(H,21,23)/t14-;9-/m11/s1. The summed E-state index contributed by atoms with van der Waals surface area (Å²) in [5.74, 6) is 1.66. The molecule has 0 unspecified atom stereocenters. The van der Waals surface area contributed by atoms with E-state index < -0.39 is 12.1 Å². The van der Waals surface area contributed by atoms with Gasteiger partial charge in [0.1, 0.15) is 48.4 Å². The highest BCUT2D eigenvalue weighted by Gasteiger charge is 2.37. The molecule has 0 saturated heterocycles. The molecule has 9 rings (SSSR count). The molecule has 5 aliphatic rings. The summed E-state index contributed by atoms with van der Waals surface area (Å²) < 4.78 is 41.3. The van der Waals surface area contributed by atoms with Crippen molar-refractivity contribution in [1.29, 1.82) is 0 Å². The average molecular weight is 782 g/mol. The topological polar surface area (TPSA) is 108 Å². The van der Waals surface area contributed by atoms with Gasteiger partial charge in [-0.15, -0.1) is 0 Å². The van der Waals surface area contributed by atoms with Crippen LogP contribution in [0.15, 0.2) is 93.5 Å². The van der Waals surface area contributed by atoms with Gasteiger partial charge in [-0.2, -0.15) is 10.2 Å². The zero-order valence-corrected chi connectivity index (χ0v) is 30.5. The summed E-state index contributed by atoms with van der Waals surface area (Å²) in [7, 11) is 0. The lowest BCUT2D eigenvalue weighted by Crippen LogP contribution is -2.55. The lowest BCUT2D eigenvalue weighted by Gasteiger charge is -2.38. The average Bonchev–Trinajstić information content (AvgIpc) is 3.18. The minimum atomic E-state index is -0.397. The molecule has 10 nitrogen and oxygen atoms in total. The van der Waals surface area contributed by atoms with Crippen LogP contribution in [0, 0.1) is 11.6 Å². The third-order valence-corrected chi connectivity index (χ3v) is 10.7. The number of hydrogen-bond acceptors (Lipinski definition) is 8. The Labute approximate surface area is 313 Å². The van der Waals surface area contributed by atoms with Crippen molar-refractivity contribution in [2.45, 2.75) is 51.6 Å². The molecule has 0 bridgehead atoms. The van der Waals surface area contributed by atoms with E-state index in [0.717, 1.165) is 46.2 Å². The molecule has 2 atom stereocenters. The third-order valence-electron chi connectivity index (χ3n) is 10.0. The number of halogens is 3. The third kappa shape index (κ3) is 6.32. The number of nitrogens with zero attached hydrogens (tertiary/aromatic N) is 4. The van der Waals surface area contributed by atoms with E-state index in [1.807, 2.05) is 41.0 Å². The zero-order chi connectivity index (χ0) is 36.8. The molecular formula is C40H35BrF2N6O4. The summed E-state index contributed by atoms with van der Waals surface area (Å²) in [6.07, 6.45) is 6.52. The van der Waals surface area contributed by atoms with Crippen molar-refractivity contribution in [3.05, 3.63) is 101 Å². The van der Waals surface area contributed by atoms with E-state index in [-0.39, 0.29) is 36.7 Å². The predicted molar refractivity (Wildman–Crippen MR) is 204 cm³/mol. The zero-order valence-electron chi connectivity index (χ0n) is 29.0. The molecule has 2 N–H and O–H groups in total. The summed E-state index contributed by atoms with van der Waals surface area (Å²) in [4.78, 5) is 27.9. The van der Waals surface area contributed by atoms with E-state index >= 15 is 0 Å². The van der Waals surface area contributed by atoms with Gasteiger partial charge in [0.05, 0.1) is 11.4 Å². The maximum absolute atomic E-state index is 14.7. The highest BCUT2D eigenvalue weighted by molar-refractivity contribution is 9.10. The molecular weight excluding hydrogens is 746 g/mol. The van der Waals surface area contributed by atoms with Crippen molar-refractivity contribution in [3.8, 4) is 33.8 Å². The summed E-state index contributed by atoms with van der Waals surface area (Å²) in [6.45, 7) is 4.16. The number of carbonyl (C=O) groups excluding carboxylic acids is 2. The van der Waals surface area contributed by atoms with Crippen LogP contribution in [0.4, 0.5) is 20.2 Å². The van der Waals surface area contributed by atoms with E-state index in [4.69, 9.17) is 9.47 Å². The number of anilines is 2. The number of hydrazone groups is 2. The van der Waals surface area contributed by atoms with Crippen molar-refractivity contribution in [1.82, 2.24) is 10.9 Å². The Morgan fingerprint density at radius 1 is 0.698 bits per heavy atom. The number of hydrogen-bond donors (Lipinski definition) is 2. The van der Waals surface area contributed by atoms with Gasteiger partial charge in [-0.25, -0.2) is 19.6 Å². The number of carbonyl (C=O) groups is 2. The van der Waals surface area contributed by atoms with E-state index in [2.05, 4.69) is 43.1 Å². The maximum Gasteiger partial charge on any atom is 0.262 e. The molecule has 0 fully saturated rings. The second-order valence-electron chi connectivity index (χ2n) is 13.3. The minimum Gasteiger partial charge on any atom is -0.483 e. The Hall–Kier alpha value is -5.56. The monoisotopic (exact) mass is 780 g/mol. The Bertz CT molecular complexity index is 2260. The maximum atomic E-state index is 14.7. The van der Waals surface area contributed by atoms with Crippen LogP contribution in [0.25, 0.3) is 27.8 Å². The number of amides is 2. The summed E-state index contributed by atoms with van der Waals surface area (Å²) in [5, 5.41) is 8.21. The highest BCUT2D eigenvalue weighted by Crippen LogP contribution is 2.45. The fourth-order valence-electron chi connectivity index (χ4n) is 7.25. The minimum absolute atomic E-state index is 0.154. The van der Waals surface area contributed by atoms with Gasteiger partial charge in [-0.3, -0.25) is 9.59 Å². The van der Waals surface area contributed by atoms with Crippen LogP contribution in [0.2, 0.25) is 0 Å². The number of benzene rings is 4. The molecule has 4 aromatic rings. The quantitative estimate of drug-likeness (QED) is 0.220. The summed E-state index contributed by atoms with van der Waals surface area (Å²) in [6, 6.07) is 20.2. The van der Waals surface area contributed by atoms with Crippen LogP contribution >= 0.6 is 15.9 Å². The molecule has 270 valence electrons. The molecule has 0 spiro atoms. The van der Waals surface area contributed by atoms with E-state index in [0.29, 0.717) is 39.9 Å². The second-order valence-corrected chi connectivity index (χ2v) is 14.1. The second kappa shape index (κ2) is 14.1. The molecule has 4 aliphatic heterocycles. The molecule has 53 heavy (non-hydrogen) atoms. The van der Waals surface area contributed by atoms with Gasteiger partial charge in [0, 0.05) is 21.2 Å². The van der Waals surface area contributed by atoms with Crippen LogP contribution in [0.5, 0.6) is 11.5 Å². The summed E-state index contributed by atoms with van der Waals surface area (Å²) >= 11 is 3.51. The Balaban J connectivity index is 0.000000154. The van der Waals surface area contributed by atoms with Crippen LogP contribution in [0.3, 0.4) is 0 Å². The smallest absolute Gasteiger partial charge is 0.262 e. The summed E-state index contributed by atoms with van der Waals surface area (Å²) in [5.41, 5.74) is 11.4. The van der Waals surface area contributed by atoms with Gasteiger partial charge in [-0.1, -0.05) is 58.4 Å². The van der Waals surface area contributed by atoms with E-state index in [1.165, 1.54) is 24.1 Å². The lowest BCUT2D eigenvalue weighted by atomic mass is 9.87. The number of nitrogens with one attached hydrogen (secondary N) is 2. The molecule has 4 aromatic carbocycles. The van der Waals surface area contributed by atoms with Gasteiger partial charge in [0.25, 0.3) is 11.8 Å². The number of ether oxygens (including phenoxy) is 2. The first-order chi connectivity index (χ1) is 25.7. The highest BCUT2D eigenvalue weighted by atomic mass is 79.9. The molecule has 2 amide bonds.